The first kappa shape index (κ1) is 19.4. The van der Waals surface area contributed by atoms with Crippen LogP contribution in [-0.4, -0.2) is 35.7 Å². The molecule has 0 aliphatic carbocycles. The number of phenols is 1. The number of fused-ring (bicyclic) bond motifs is 1. The molecule has 1 heterocycles. The van der Waals surface area contributed by atoms with E-state index in [1.54, 1.807) is 6.07 Å². The molecule has 0 radical (unpaired) electrons. The molecule has 0 fully saturated rings. The topological polar surface area (TPSA) is 32.7 Å². The molecule has 0 amide bonds. The molecule has 0 aromatic heterocycles. The minimum Gasteiger partial charge on any atom is -0.508 e. The molecule has 0 bridgehead atoms. The molecule has 1 N–H and O–H groups in total. The average molecular weight is 322 g/mol. The van der Waals surface area contributed by atoms with Crippen molar-refractivity contribution < 1.29 is 9.84 Å². The number of rotatable bonds is 5. The van der Waals surface area contributed by atoms with Crippen molar-refractivity contribution in [2.75, 3.05) is 19.7 Å². The third kappa shape index (κ3) is 4.72. The third-order valence-electron chi connectivity index (χ3n) is 3.47. The van der Waals surface area contributed by atoms with Gasteiger partial charge in [-0.1, -0.05) is 13.8 Å². The summed E-state index contributed by atoms with van der Waals surface area (Å²) in [5.41, 5.74) is 1.13. The van der Waals surface area contributed by atoms with Gasteiger partial charge in [-0.3, -0.25) is 4.90 Å². The maximum atomic E-state index is 9.55. The Balaban J connectivity index is 0.00000180. The van der Waals surface area contributed by atoms with Crippen molar-refractivity contribution in [3.05, 3.63) is 23.8 Å². The summed E-state index contributed by atoms with van der Waals surface area (Å²) in [7, 11) is 0. The third-order valence-corrected chi connectivity index (χ3v) is 3.47. The predicted molar refractivity (Wildman–Crippen MR) is 87.7 cm³/mol. The average Bonchev–Trinajstić information content (AvgIpc) is 2.37. The summed E-state index contributed by atoms with van der Waals surface area (Å²) in [5.74, 6) is 1.26. The minimum atomic E-state index is 0. The number of hydrogen-bond donors (Lipinski definition) is 1. The number of phenolic OH excluding ortho intramolecular Hbond substituents is 1. The highest BCUT2D eigenvalue weighted by molar-refractivity contribution is 5.85. The van der Waals surface area contributed by atoms with Crippen LogP contribution in [0.5, 0.6) is 11.5 Å². The zero-order valence-electron chi connectivity index (χ0n) is 12.2. The van der Waals surface area contributed by atoms with E-state index in [0.29, 0.717) is 11.8 Å². The van der Waals surface area contributed by atoms with E-state index < -0.39 is 0 Å². The molecule has 5 heteroatoms. The van der Waals surface area contributed by atoms with E-state index in [1.165, 1.54) is 12.8 Å². The van der Waals surface area contributed by atoms with Crippen LogP contribution in [0, 0.1) is 0 Å². The second kappa shape index (κ2) is 9.32. The first-order valence-corrected chi connectivity index (χ1v) is 6.93. The molecular formula is C15H25Cl2NO2. The van der Waals surface area contributed by atoms with Crippen LogP contribution in [0.15, 0.2) is 18.2 Å². The van der Waals surface area contributed by atoms with Gasteiger partial charge in [0.15, 0.2) is 0 Å². The van der Waals surface area contributed by atoms with Crippen molar-refractivity contribution in [2.24, 2.45) is 0 Å². The Morgan fingerprint density at radius 2 is 1.85 bits per heavy atom. The van der Waals surface area contributed by atoms with E-state index >= 15 is 0 Å². The Kier molecular flexibility index (Phi) is 9.03. The summed E-state index contributed by atoms with van der Waals surface area (Å²) in [5, 5.41) is 9.55. The molecule has 2 rings (SSSR count). The lowest BCUT2D eigenvalue weighted by atomic mass is 10.0. The Labute approximate surface area is 134 Å². The van der Waals surface area contributed by atoms with E-state index in [1.807, 2.05) is 12.1 Å². The number of aromatic hydroxyl groups is 1. The minimum absolute atomic E-state index is 0. The van der Waals surface area contributed by atoms with Gasteiger partial charge in [0, 0.05) is 6.04 Å². The number of nitrogens with zero attached hydrogens (tertiary/aromatic N) is 1. The number of halogens is 2. The molecule has 0 spiro atoms. The standard InChI is InChI=1S/C15H23NO2.2ClH/c1-3-7-16(8-4-2)13-9-12-10-14(17)5-6-15(12)18-11-13;;/h5-6,10,13,17H,3-4,7-9,11H2,1-2H3;2*1H. The summed E-state index contributed by atoms with van der Waals surface area (Å²) in [4.78, 5) is 2.51. The molecule has 0 saturated heterocycles. The summed E-state index contributed by atoms with van der Waals surface area (Å²) in [6, 6.07) is 5.83. The molecule has 20 heavy (non-hydrogen) atoms. The molecule has 1 aromatic rings. The number of hydrogen-bond acceptors (Lipinski definition) is 3. The Hall–Kier alpha value is -0.640. The van der Waals surface area contributed by atoms with Crippen molar-refractivity contribution in [3.8, 4) is 11.5 Å². The van der Waals surface area contributed by atoms with Gasteiger partial charge < -0.3 is 9.84 Å². The van der Waals surface area contributed by atoms with Gasteiger partial charge in [0.25, 0.3) is 0 Å². The van der Waals surface area contributed by atoms with Crippen LogP contribution in [0.25, 0.3) is 0 Å². The van der Waals surface area contributed by atoms with Crippen LogP contribution in [0.2, 0.25) is 0 Å². The zero-order valence-corrected chi connectivity index (χ0v) is 13.8. The van der Waals surface area contributed by atoms with Gasteiger partial charge in [-0.2, -0.15) is 0 Å². The summed E-state index contributed by atoms with van der Waals surface area (Å²) >= 11 is 0. The fraction of sp³-hybridized carbons (Fsp3) is 0.600. The fourth-order valence-corrected chi connectivity index (χ4v) is 2.65. The van der Waals surface area contributed by atoms with E-state index in [-0.39, 0.29) is 24.8 Å². The second-order valence-corrected chi connectivity index (χ2v) is 5.00. The van der Waals surface area contributed by atoms with Crippen molar-refractivity contribution in [2.45, 2.75) is 39.2 Å². The fourth-order valence-electron chi connectivity index (χ4n) is 2.65. The van der Waals surface area contributed by atoms with Gasteiger partial charge >= 0.3 is 0 Å². The van der Waals surface area contributed by atoms with E-state index in [4.69, 9.17) is 4.74 Å². The lowest BCUT2D eigenvalue weighted by molar-refractivity contribution is 0.119. The van der Waals surface area contributed by atoms with E-state index in [9.17, 15) is 5.11 Å². The van der Waals surface area contributed by atoms with Gasteiger partial charge in [-0.25, -0.2) is 0 Å². The molecular weight excluding hydrogens is 297 g/mol. The summed E-state index contributed by atoms with van der Waals surface area (Å²) < 4.78 is 5.81. The Bertz CT molecular complexity index is 395. The van der Waals surface area contributed by atoms with Crippen LogP contribution in [0.3, 0.4) is 0 Å². The van der Waals surface area contributed by atoms with E-state index in [0.717, 1.165) is 37.4 Å². The summed E-state index contributed by atoms with van der Waals surface area (Å²) in [6.45, 7) is 7.43. The van der Waals surface area contributed by atoms with Crippen molar-refractivity contribution >= 4 is 24.8 Å². The number of ether oxygens (including phenoxy) is 1. The highest BCUT2D eigenvalue weighted by Crippen LogP contribution is 2.29. The van der Waals surface area contributed by atoms with Gasteiger partial charge in [0.2, 0.25) is 0 Å². The lowest BCUT2D eigenvalue weighted by Gasteiger charge is -2.34. The van der Waals surface area contributed by atoms with Gasteiger partial charge in [0.05, 0.1) is 0 Å². The maximum Gasteiger partial charge on any atom is 0.122 e. The maximum absolute atomic E-state index is 9.55. The molecule has 1 unspecified atom stereocenters. The van der Waals surface area contributed by atoms with Crippen LogP contribution in [-0.2, 0) is 6.42 Å². The second-order valence-electron chi connectivity index (χ2n) is 5.00. The van der Waals surface area contributed by atoms with Crippen molar-refractivity contribution in [3.63, 3.8) is 0 Å². The highest BCUT2D eigenvalue weighted by atomic mass is 35.5. The monoisotopic (exact) mass is 321 g/mol. The molecule has 1 aromatic carbocycles. The first-order valence-electron chi connectivity index (χ1n) is 6.93. The quantitative estimate of drug-likeness (QED) is 0.898. The molecule has 0 saturated carbocycles. The number of benzene rings is 1. The largest absolute Gasteiger partial charge is 0.508 e. The Morgan fingerprint density at radius 1 is 1.20 bits per heavy atom. The Morgan fingerprint density at radius 3 is 2.45 bits per heavy atom. The van der Waals surface area contributed by atoms with Crippen LogP contribution in [0.1, 0.15) is 32.3 Å². The molecule has 1 aliphatic rings. The highest BCUT2D eigenvalue weighted by Gasteiger charge is 2.24. The SMILES string of the molecule is CCCN(CCC)C1COc2ccc(O)cc2C1.Cl.Cl. The lowest BCUT2D eigenvalue weighted by Crippen LogP contribution is -2.43. The van der Waals surface area contributed by atoms with E-state index in [2.05, 4.69) is 18.7 Å². The van der Waals surface area contributed by atoms with Crippen LogP contribution < -0.4 is 4.74 Å². The van der Waals surface area contributed by atoms with Crippen LogP contribution >= 0.6 is 24.8 Å². The zero-order chi connectivity index (χ0) is 13.0. The summed E-state index contributed by atoms with van der Waals surface area (Å²) in [6.07, 6.45) is 3.32. The molecule has 116 valence electrons. The molecule has 1 atom stereocenters. The normalized spacial score (nSPS) is 16.6. The van der Waals surface area contributed by atoms with Crippen molar-refractivity contribution in [1.29, 1.82) is 0 Å². The smallest absolute Gasteiger partial charge is 0.122 e. The molecule has 1 aliphatic heterocycles. The molecule has 3 nitrogen and oxygen atoms in total. The van der Waals surface area contributed by atoms with Gasteiger partial charge in [-0.05, 0) is 56.1 Å². The first-order chi connectivity index (χ1) is 8.74. The van der Waals surface area contributed by atoms with Gasteiger partial charge in [-0.15, -0.1) is 24.8 Å². The van der Waals surface area contributed by atoms with Crippen molar-refractivity contribution in [1.82, 2.24) is 4.90 Å². The van der Waals surface area contributed by atoms with Gasteiger partial charge in [0.1, 0.15) is 18.1 Å². The van der Waals surface area contributed by atoms with Crippen LogP contribution in [0.4, 0.5) is 0 Å². The predicted octanol–water partition coefficient (Wildman–Crippen LogP) is 3.66.